The Kier molecular flexibility index (Phi) is 4.72. The number of nitrogen functional groups attached to an aromatic ring is 1. The number of hydrogen-bond donors (Lipinski definition) is 4. The molecule has 0 fully saturated rings. The van der Waals surface area contributed by atoms with Gasteiger partial charge in [0.15, 0.2) is 0 Å². The number of nitrogens with two attached hydrogens (primary N) is 1. The van der Waals surface area contributed by atoms with Crippen molar-refractivity contribution in [3.63, 3.8) is 0 Å². The third kappa shape index (κ3) is 3.34. The molecule has 1 aromatic rings. The van der Waals surface area contributed by atoms with Crippen molar-refractivity contribution in [2.75, 3.05) is 0 Å². The topological polar surface area (TPSA) is 90.3 Å². The van der Waals surface area contributed by atoms with Gasteiger partial charge in [0.2, 0.25) is 0 Å². The van der Waals surface area contributed by atoms with Crippen molar-refractivity contribution in [2.24, 2.45) is 5.73 Å². The standard InChI is InChI=1S/C7H8N2.H2O2/c8-7(9)6-4-2-1-3-5-6;1-2/h1-5H,(H3,8,9);1-2H. The van der Waals surface area contributed by atoms with Crippen LogP contribution in [0.2, 0.25) is 0 Å². The molecule has 0 aromatic heterocycles. The molecule has 0 saturated carbocycles. The molecule has 0 spiro atoms. The van der Waals surface area contributed by atoms with E-state index in [1.807, 2.05) is 30.3 Å². The van der Waals surface area contributed by atoms with E-state index in [4.69, 9.17) is 21.7 Å². The zero-order valence-electron chi connectivity index (χ0n) is 5.86. The zero-order valence-corrected chi connectivity index (χ0v) is 5.86. The molecule has 0 atom stereocenters. The smallest absolute Gasteiger partial charge is 0.122 e. The molecule has 1 rings (SSSR count). The maximum absolute atomic E-state index is 7.01. The Balaban J connectivity index is 0.000000461. The number of amidine groups is 1. The Labute approximate surface area is 64.3 Å². The van der Waals surface area contributed by atoms with Crippen molar-refractivity contribution in [3.8, 4) is 0 Å². The molecule has 0 heterocycles. The summed E-state index contributed by atoms with van der Waals surface area (Å²) in [5.74, 6) is 0.121. The molecule has 11 heavy (non-hydrogen) atoms. The molecular formula is C7H10N2O2. The number of rotatable bonds is 1. The van der Waals surface area contributed by atoms with Crippen molar-refractivity contribution in [3.05, 3.63) is 35.9 Å². The van der Waals surface area contributed by atoms with Crippen LogP contribution in [0.4, 0.5) is 0 Å². The van der Waals surface area contributed by atoms with E-state index in [1.54, 1.807) is 0 Å². The van der Waals surface area contributed by atoms with E-state index in [9.17, 15) is 0 Å². The van der Waals surface area contributed by atoms with Gasteiger partial charge in [-0.3, -0.25) is 15.9 Å². The van der Waals surface area contributed by atoms with Crippen LogP contribution in [0.5, 0.6) is 0 Å². The van der Waals surface area contributed by atoms with E-state index in [-0.39, 0.29) is 5.84 Å². The van der Waals surface area contributed by atoms with Gasteiger partial charge in [0.25, 0.3) is 0 Å². The van der Waals surface area contributed by atoms with Gasteiger partial charge in [-0.25, -0.2) is 0 Å². The highest BCUT2D eigenvalue weighted by Gasteiger charge is 1.89. The van der Waals surface area contributed by atoms with Crippen molar-refractivity contribution < 1.29 is 10.5 Å². The predicted octanol–water partition coefficient (Wildman–Crippen LogP) is 0.988. The van der Waals surface area contributed by atoms with Crippen LogP contribution in [0.25, 0.3) is 0 Å². The molecule has 0 amide bonds. The SMILES string of the molecule is N=C(N)c1ccccc1.OO. The summed E-state index contributed by atoms with van der Waals surface area (Å²) in [5, 5.41) is 19.0. The van der Waals surface area contributed by atoms with Crippen LogP contribution in [-0.4, -0.2) is 16.4 Å². The Hall–Kier alpha value is -1.39. The Bertz CT molecular complexity index is 211. The van der Waals surface area contributed by atoms with Crippen LogP contribution in [0.15, 0.2) is 30.3 Å². The third-order valence-electron chi connectivity index (χ3n) is 1.08. The molecule has 0 bridgehead atoms. The summed E-state index contributed by atoms with van der Waals surface area (Å²) >= 11 is 0. The lowest BCUT2D eigenvalue weighted by molar-refractivity contribution is -0.176. The van der Waals surface area contributed by atoms with E-state index >= 15 is 0 Å². The van der Waals surface area contributed by atoms with Crippen LogP contribution in [-0.2, 0) is 0 Å². The molecule has 0 aliphatic heterocycles. The lowest BCUT2D eigenvalue weighted by atomic mass is 10.2. The first-order chi connectivity index (χ1) is 5.30. The minimum Gasteiger partial charge on any atom is -0.384 e. The van der Waals surface area contributed by atoms with E-state index in [1.165, 1.54) is 0 Å². The quantitative estimate of drug-likeness (QED) is 0.210. The molecule has 4 heteroatoms. The molecule has 0 aliphatic rings. The zero-order chi connectivity index (χ0) is 8.69. The summed E-state index contributed by atoms with van der Waals surface area (Å²) in [6.45, 7) is 0. The average Bonchev–Trinajstić information content (AvgIpc) is 2.10. The first-order valence-corrected chi connectivity index (χ1v) is 2.90. The second kappa shape index (κ2) is 5.40. The van der Waals surface area contributed by atoms with Crippen LogP contribution in [0.3, 0.4) is 0 Å². The number of hydrogen-bond acceptors (Lipinski definition) is 3. The second-order valence-corrected chi connectivity index (χ2v) is 1.78. The maximum Gasteiger partial charge on any atom is 0.122 e. The van der Waals surface area contributed by atoms with Gasteiger partial charge in [0.05, 0.1) is 0 Å². The van der Waals surface area contributed by atoms with Gasteiger partial charge in [-0.2, -0.15) is 0 Å². The molecular weight excluding hydrogens is 144 g/mol. The highest BCUT2D eigenvalue weighted by molar-refractivity contribution is 5.94. The van der Waals surface area contributed by atoms with E-state index in [0.717, 1.165) is 5.56 Å². The molecule has 0 saturated heterocycles. The average molecular weight is 154 g/mol. The third-order valence-corrected chi connectivity index (χ3v) is 1.08. The number of nitrogens with one attached hydrogen (secondary N) is 1. The number of benzene rings is 1. The first kappa shape index (κ1) is 9.61. The van der Waals surface area contributed by atoms with E-state index in [0.29, 0.717) is 0 Å². The van der Waals surface area contributed by atoms with Crippen LogP contribution in [0, 0.1) is 5.41 Å². The van der Waals surface area contributed by atoms with Gasteiger partial charge < -0.3 is 5.73 Å². The minimum absolute atomic E-state index is 0.121. The molecule has 0 unspecified atom stereocenters. The molecule has 60 valence electrons. The molecule has 0 radical (unpaired) electrons. The van der Waals surface area contributed by atoms with Crippen molar-refractivity contribution in [2.45, 2.75) is 0 Å². The lowest BCUT2D eigenvalue weighted by Gasteiger charge is -1.93. The normalized spacial score (nSPS) is 7.82. The van der Waals surface area contributed by atoms with Gasteiger partial charge in [0, 0.05) is 5.56 Å². The van der Waals surface area contributed by atoms with Gasteiger partial charge in [-0.1, -0.05) is 30.3 Å². The van der Waals surface area contributed by atoms with Gasteiger partial charge >= 0.3 is 0 Å². The van der Waals surface area contributed by atoms with E-state index < -0.39 is 0 Å². The van der Waals surface area contributed by atoms with Crippen LogP contribution in [0.1, 0.15) is 5.56 Å². The van der Waals surface area contributed by atoms with E-state index in [2.05, 4.69) is 0 Å². The van der Waals surface area contributed by atoms with Gasteiger partial charge in [0.1, 0.15) is 5.84 Å². The maximum atomic E-state index is 7.01. The molecule has 5 N–H and O–H groups in total. The van der Waals surface area contributed by atoms with Crippen LogP contribution < -0.4 is 5.73 Å². The first-order valence-electron chi connectivity index (χ1n) is 2.90. The largest absolute Gasteiger partial charge is 0.384 e. The Morgan fingerprint density at radius 3 is 1.91 bits per heavy atom. The minimum atomic E-state index is 0.121. The highest BCUT2D eigenvalue weighted by atomic mass is 17.0. The van der Waals surface area contributed by atoms with Gasteiger partial charge in [-0.05, 0) is 0 Å². The van der Waals surface area contributed by atoms with Crippen molar-refractivity contribution in [1.82, 2.24) is 0 Å². The summed E-state index contributed by atoms with van der Waals surface area (Å²) in [6, 6.07) is 9.23. The molecule has 4 nitrogen and oxygen atoms in total. The Morgan fingerprint density at radius 1 is 1.18 bits per heavy atom. The summed E-state index contributed by atoms with van der Waals surface area (Å²) < 4.78 is 0. The summed E-state index contributed by atoms with van der Waals surface area (Å²) in [7, 11) is 0. The fourth-order valence-electron chi connectivity index (χ4n) is 0.618. The Morgan fingerprint density at radius 2 is 1.64 bits per heavy atom. The van der Waals surface area contributed by atoms with Crippen molar-refractivity contribution >= 4 is 5.84 Å². The second-order valence-electron chi connectivity index (χ2n) is 1.78. The summed E-state index contributed by atoms with van der Waals surface area (Å²) in [6.07, 6.45) is 0. The fourth-order valence-corrected chi connectivity index (χ4v) is 0.618. The summed E-state index contributed by atoms with van der Waals surface area (Å²) in [5.41, 5.74) is 5.97. The predicted molar refractivity (Wildman–Crippen MR) is 42.7 cm³/mol. The monoisotopic (exact) mass is 154 g/mol. The van der Waals surface area contributed by atoms with Crippen molar-refractivity contribution in [1.29, 1.82) is 5.41 Å². The highest BCUT2D eigenvalue weighted by Crippen LogP contribution is 1.94. The molecule has 0 aliphatic carbocycles. The molecule has 1 aromatic carbocycles. The van der Waals surface area contributed by atoms with Crippen LogP contribution >= 0.6 is 0 Å². The van der Waals surface area contributed by atoms with Gasteiger partial charge in [-0.15, -0.1) is 0 Å². The summed E-state index contributed by atoms with van der Waals surface area (Å²) in [4.78, 5) is 0. The fraction of sp³-hybridized carbons (Fsp3) is 0. The lowest BCUT2D eigenvalue weighted by Crippen LogP contribution is -2.10.